The van der Waals surface area contributed by atoms with Crippen molar-refractivity contribution in [1.82, 2.24) is 5.32 Å². The molecule has 2 aliphatic heterocycles. The predicted octanol–water partition coefficient (Wildman–Crippen LogP) is 3.31. The Bertz CT molecular complexity index is 534. The summed E-state index contributed by atoms with van der Waals surface area (Å²) in [5.74, 6) is 1.67. The van der Waals surface area contributed by atoms with Crippen LogP contribution >= 0.6 is 24.2 Å². The van der Waals surface area contributed by atoms with Crippen molar-refractivity contribution in [2.75, 3.05) is 31.6 Å². The maximum Gasteiger partial charge on any atom is 0.227 e. The van der Waals surface area contributed by atoms with Crippen molar-refractivity contribution in [1.29, 1.82) is 0 Å². The maximum absolute atomic E-state index is 12.3. The summed E-state index contributed by atoms with van der Waals surface area (Å²) in [4.78, 5) is 12.3. The molecule has 6 heteroatoms. The second-order valence-corrected chi connectivity index (χ2v) is 7.81. The summed E-state index contributed by atoms with van der Waals surface area (Å²) in [6, 6.07) is 8.26. The van der Waals surface area contributed by atoms with Crippen LogP contribution in [0.4, 0.5) is 5.69 Å². The minimum absolute atomic E-state index is 0. The highest BCUT2D eigenvalue weighted by molar-refractivity contribution is 7.99. The van der Waals surface area contributed by atoms with Crippen LogP contribution < -0.4 is 10.6 Å². The van der Waals surface area contributed by atoms with Gasteiger partial charge in [0, 0.05) is 35.8 Å². The lowest BCUT2D eigenvalue weighted by Gasteiger charge is -2.31. The van der Waals surface area contributed by atoms with Crippen LogP contribution in [0.25, 0.3) is 0 Å². The van der Waals surface area contributed by atoms with E-state index < -0.39 is 0 Å². The summed E-state index contributed by atoms with van der Waals surface area (Å²) in [6.07, 6.45) is 2.29. The molecule has 2 N–H and O–H groups in total. The van der Waals surface area contributed by atoms with Gasteiger partial charge < -0.3 is 15.4 Å². The van der Waals surface area contributed by atoms with E-state index in [0.29, 0.717) is 11.2 Å². The molecule has 0 bridgehead atoms. The number of amides is 1. The Morgan fingerprint density at radius 2 is 2.12 bits per heavy atom. The van der Waals surface area contributed by atoms with Crippen LogP contribution in [0, 0.1) is 11.8 Å². The van der Waals surface area contributed by atoms with Gasteiger partial charge in [0.15, 0.2) is 0 Å². The van der Waals surface area contributed by atoms with Gasteiger partial charge in [0.25, 0.3) is 0 Å². The molecule has 24 heavy (non-hydrogen) atoms. The van der Waals surface area contributed by atoms with Crippen molar-refractivity contribution < 1.29 is 9.53 Å². The van der Waals surface area contributed by atoms with Crippen LogP contribution in [0.5, 0.6) is 0 Å². The van der Waals surface area contributed by atoms with Gasteiger partial charge in [0.2, 0.25) is 5.91 Å². The van der Waals surface area contributed by atoms with Gasteiger partial charge in [-0.3, -0.25) is 4.79 Å². The van der Waals surface area contributed by atoms with E-state index in [9.17, 15) is 4.79 Å². The second-order valence-electron chi connectivity index (χ2n) is 6.52. The normalized spacial score (nSPS) is 19.9. The lowest BCUT2D eigenvalue weighted by Crippen LogP contribution is -2.48. The zero-order valence-electron chi connectivity index (χ0n) is 14.1. The average Bonchev–Trinajstić information content (AvgIpc) is 2.52. The molecule has 134 valence electrons. The number of ether oxygens (including phenoxy) is 1. The molecule has 0 radical (unpaired) electrons. The monoisotopic (exact) mass is 370 g/mol. The van der Waals surface area contributed by atoms with Crippen LogP contribution in [0.15, 0.2) is 24.3 Å². The number of rotatable bonds is 6. The molecule has 1 atom stereocenters. The zero-order valence-corrected chi connectivity index (χ0v) is 15.8. The predicted molar refractivity (Wildman–Crippen MR) is 103 cm³/mol. The van der Waals surface area contributed by atoms with E-state index in [1.165, 1.54) is 5.56 Å². The number of anilines is 1. The summed E-state index contributed by atoms with van der Waals surface area (Å²) in [5, 5.41) is 7.00. The van der Waals surface area contributed by atoms with E-state index in [1.54, 1.807) is 0 Å². The Hall–Kier alpha value is -0.750. The number of benzene rings is 1. The molecule has 3 rings (SSSR count). The Labute approximate surface area is 154 Å². The molecule has 0 aliphatic carbocycles. The van der Waals surface area contributed by atoms with Crippen LogP contribution in [-0.2, 0) is 15.3 Å². The summed E-state index contributed by atoms with van der Waals surface area (Å²) in [6.45, 7) is 5.71. The molecule has 2 aliphatic rings. The zero-order chi connectivity index (χ0) is 16.1. The summed E-state index contributed by atoms with van der Waals surface area (Å²) in [5.41, 5.74) is 2.19. The van der Waals surface area contributed by atoms with E-state index >= 15 is 0 Å². The quantitative estimate of drug-likeness (QED) is 0.806. The Balaban J connectivity index is 0.00000208. The van der Waals surface area contributed by atoms with E-state index in [1.807, 2.05) is 30.8 Å². The van der Waals surface area contributed by atoms with Gasteiger partial charge in [-0.15, -0.1) is 12.4 Å². The van der Waals surface area contributed by atoms with E-state index in [4.69, 9.17) is 4.74 Å². The van der Waals surface area contributed by atoms with Crippen molar-refractivity contribution >= 4 is 35.8 Å². The fraction of sp³-hybridized carbons (Fsp3) is 0.611. The van der Waals surface area contributed by atoms with Crippen molar-refractivity contribution in [3.05, 3.63) is 29.8 Å². The lowest BCUT2D eigenvalue weighted by atomic mass is 9.88. The highest BCUT2D eigenvalue weighted by atomic mass is 35.5. The minimum atomic E-state index is 0. The molecule has 2 heterocycles. The van der Waals surface area contributed by atoms with Crippen molar-refractivity contribution in [3.8, 4) is 0 Å². The number of hydrogen-bond donors (Lipinski definition) is 2. The fourth-order valence-electron chi connectivity index (χ4n) is 2.93. The third-order valence-corrected chi connectivity index (χ3v) is 6.23. The summed E-state index contributed by atoms with van der Waals surface area (Å²) in [7, 11) is 0. The molecule has 0 spiro atoms. The molecule has 2 saturated heterocycles. The first-order valence-electron chi connectivity index (χ1n) is 8.52. The smallest absolute Gasteiger partial charge is 0.227 e. The third-order valence-electron chi connectivity index (χ3n) is 4.78. The first kappa shape index (κ1) is 19.6. The summed E-state index contributed by atoms with van der Waals surface area (Å²) < 4.78 is 5.40. The highest BCUT2D eigenvalue weighted by Crippen LogP contribution is 2.26. The van der Waals surface area contributed by atoms with Crippen LogP contribution in [0.3, 0.4) is 0 Å². The largest absolute Gasteiger partial charge is 0.381 e. The van der Waals surface area contributed by atoms with E-state index in [0.717, 1.165) is 50.6 Å². The molecule has 0 saturated carbocycles. The number of nitrogens with one attached hydrogen (secondary N) is 2. The van der Waals surface area contributed by atoms with Crippen molar-refractivity contribution in [2.45, 2.75) is 30.8 Å². The Morgan fingerprint density at radius 3 is 2.79 bits per heavy atom. The highest BCUT2D eigenvalue weighted by Gasteiger charge is 2.28. The summed E-state index contributed by atoms with van der Waals surface area (Å²) >= 11 is 2.00. The number of thioether (sulfide) groups is 1. The fourth-order valence-corrected chi connectivity index (χ4v) is 4.06. The van der Waals surface area contributed by atoms with Gasteiger partial charge >= 0.3 is 0 Å². The molecule has 0 aromatic heterocycles. The molecule has 1 aromatic carbocycles. The molecular formula is C18H27ClN2O2S. The average molecular weight is 371 g/mol. The van der Waals surface area contributed by atoms with Gasteiger partial charge in [-0.1, -0.05) is 19.1 Å². The van der Waals surface area contributed by atoms with Gasteiger partial charge in [-0.2, -0.15) is 11.8 Å². The SMILES string of the molecule is CC(C(=O)Nc1cccc(CSC2CCOCC2)c1)C1CNC1.Cl. The second kappa shape index (κ2) is 9.66. The van der Waals surface area contributed by atoms with Gasteiger partial charge in [0.05, 0.1) is 0 Å². The topological polar surface area (TPSA) is 50.4 Å². The molecule has 1 unspecified atom stereocenters. The number of halogens is 1. The Morgan fingerprint density at radius 1 is 1.38 bits per heavy atom. The van der Waals surface area contributed by atoms with Crippen LogP contribution in [-0.4, -0.2) is 37.5 Å². The minimum Gasteiger partial charge on any atom is -0.381 e. The van der Waals surface area contributed by atoms with Gasteiger partial charge in [-0.05, 0) is 49.5 Å². The lowest BCUT2D eigenvalue weighted by molar-refractivity contribution is -0.121. The molecule has 1 amide bonds. The van der Waals surface area contributed by atoms with E-state index in [2.05, 4.69) is 22.8 Å². The maximum atomic E-state index is 12.3. The first-order chi connectivity index (χ1) is 11.2. The molecule has 1 aromatic rings. The molecule has 2 fully saturated rings. The van der Waals surface area contributed by atoms with Gasteiger partial charge in [-0.25, -0.2) is 0 Å². The number of carbonyl (C=O) groups is 1. The van der Waals surface area contributed by atoms with E-state index in [-0.39, 0.29) is 24.2 Å². The van der Waals surface area contributed by atoms with Crippen LogP contribution in [0.2, 0.25) is 0 Å². The molecule has 4 nitrogen and oxygen atoms in total. The first-order valence-corrected chi connectivity index (χ1v) is 9.57. The third kappa shape index (κ3) is 5.38. The standard InChI is InChI=1S/C18H26N2O2S.ClH/c1-13(15-10-19-11-15)18(21)20-16-4-2-3-14(9-16)12-23-17-5-7-22-8-6-17;/h2-4,9,13,15,17,19H,5-8,10-12H2,1H3,(H,20,21);1H. The number of carbonyl (C=O) groups excluding carboxylic acids is 1. The van der Waals surface area contributed by atoms with Crippen molar-refractivity contribution in [2.24, 2.45) is 11.8 Å². The Kier molecular flexibility index (Phi) is 7.88. The number of hydrogen-bond acceptors (Lipinski definition) is 4. The van der Waals surface area contributed by atoms with Crippen molar-refractivity contribution in [3.63, 3.8) is 0 Å². The molecular weight excluding hydrogens is 344 g/mol. The van der Waals surface area contributed by atoms with Crippen LogP contribution in [0.1, 0.15) is 25.3 Å². The van der Waals surface area contributed by atoms with Gasteiger partial charge in [0.1, 0.15) is 0 Å².